The van der Waals surface area contributed by atoms with Crippen molar-refractivity contribution in [2.75, 3.05) is 19.6 Å². The minimum atomic E-state index is 0. The van der Waals surface area contributed by atoms with Gasteiger partial charge in [-0.3, -0.25) is 4.79 Å². The summed E-state index contributed by atoms with van der Waals surface area (Å²) in [5.41, 5.74) is 0.663. The molecule has 0 saturated carbocycles. The second-order valence-electron chi connectivity index (χ2n) is 5.06. The number of amides is 1. The third-order valence-electron chi connectivity index (χ3n) is 3.91. The number of phenols is 1. The van der Waals surface area contributed by atoms with Crippen molar-refractivity contribution in [2.24, 2.45) is 0 Å². The van der Waals surface area contributed by atoms with Crippen LogP contribution in [0.25, 0.3) is 0 Å². The molecule has 2 heterocycles. The molecule has 3 rings (SSSR count). The first kappa shape index (κ1) is 15.9. The largest absolute Gasteiger partial charge is 0.508 e. The molecule has 110 valence electrons. The topological polar surface area (TPSA) is 52.6 Å². The van der Waals surface area contributed by atoms with Crippen molar-refractivity contribution in [3.63, 3.8) is 0 Å². The van der Waals surface area contributed by atoms with Crippen LogP contribution in [-0.4, -0.2) is 41.6 Å². The highest BCUT2D eigenvalue weighted by Gasteiger charge is 2.39. The van der Waals surface area contributed by atoms with Gasteiger partial charge in [0.25, 0.3) is 0 Å². The Kier molecular flexibility index (Phi) is 4.84. The van der Waals surface area contributed by atoms with E-state index in [9.17, 15) is 9.90 Å². The lowest BCUT2D eigenvalue weighted by atomic mass is 9.95. The third kappa shape index (κ3) is 2.64. The van der Waals surface area contributed by atoms with Crippen molar-refractivity contribution in [2.45, 2.75) is 18.4 Å². The zero-order chi connectivity index (χ0) is 13.6. The summed E-state index contributed by atoms with van der Waals surface area (Å²) >= 11 is 12.2. The number of hydrogen-bond acceptors (Lipinski definition) is 3. The molecule has 2 aliphatic rings. The van der Waals surface area contributed by atoms with Gasteiger partial charge in [0.05, 0.1) is 16.6 Å². The lowest BCUT2D eigenvalue weighted by Gasteiger charge is -2.29. The normalized spacial score (nSPS) is 25.3. The van der Waals surface area contributed by atoms with Crippen LogP contribution in [0.2, 0.25) is 10.0 Å². The molecule has 2 N–H and O–H groups in total. The minimum absolute atomic E-state index is 0. The molecule has 20 heavy (non-hydrogen) atoms. The molecular formula is C13H15BrCl2N2O2. The van der Waals surface area contributed by atoms with Crippen molar-refractivity contribution >= 4 is 46.1 Å². The first-order valence-electron chi connectivity index (χ1n) is 6.25. The SMILES string of the molecule is Br.O=C1CNC[C@@H]2C[C@H](c3c(O)ccc(Cl)c3Cl)CN12. The van der Waals surface area contributed by atoms with Gasteiger partial charge in [0.2, 0.25) is 5.91 Å². The number of piperazine rings is 1. The van der Waals surface area contributed by atoms with E-state index in [0.29, 0.717) is 28.7 Å². The second kappa shape index (κ2) is 6.10. The van der Waals surface area contributed by atoms with Crippen LogP contribution in [0.3, 0.4) is 0 Å². The molecule has 2 atom stereocenters. The molecule has 0 aliphatic carbocycles. The summed E-state index contributed by atoms with van der Waals surface area (Å²) in [4.78, 5) is 13.7. The Morgan fingerprint density at radius 2 is 2.10 bits per heavy atom. The average Bonchev–Trinajstić information content (AvgIpc) is 2.80. The van der Waals surface area contributed by atoms with Gasteiger partial charge in [-0.1, -0.05) is 23.2 Å². The molecule has 0 bridgehead atoms. The van der Waals surface area contributed by atoms with Crippen molar-refractivity contribution in [1.82, 2.24) is 10.2 Å². The number of carbonyl (C=O) groups excluding carboxylic acids is 1. The number of hydrogen-bond donors (Lipinski definition) is 2. The maximum atomic E-state index is 11.8. The quantitative estimate of drug-likeness (QED) is 0.785. The average molecular weight is 382 g/mol. The summed E-state index contributed by atoms with van der Waals surface area (Å²) in [5, 5.41) is 13.9. The van der Waals surface area contributed by atoms with Crippen LogP contribution in [0.4, 0.5) is 0 Å². The fourth-order valence-electron chi connectivity index (χ4n) is 3.02. The van der Waals surface area contributed by atoms with Crippen molar-refractivity contribution < 1.29 is 9.90 Å². The third-order valence-corrected chi connectivity index (χ3v) is 4.73. The summed E-state index contributed by atoms with van der Waals surface area (Å²) in [6.07, 6.45) is 0.798. The summed E-state index contributed by atoms with van der Waals surface area (Å²) in [7, 11) is 0. The lowest BCUT2D eigenvalue weighted by Crippen LogP contribution is -2.51. The molecule has 2 aliphatic heterocycles. The van der Waals surface area contributed by atoms with E-state index in [-0.39, 0.29) is 40.6 Å². The van der Waals surface area contributed by atoms with E-state index in [1.165, 1.54) is 0 Å². The molecule has 0 unspecified atom stereocenters. The highest BCUT2D eigenvalue weighted by molar-refractivity contribution is 8.93. The van der Waals surface area contributed by atoms with E-state index in [1.54, 1.807) is 12.1 Å². The molecular weight excluding hydrogens is 367 g/mol. The van der Waals surface area contributed by atoms with Crippen molar-refractivity contribution in [1.29, 1.82) is 0 Å². The number of aromatic hydroxyl groups is 1. The highest BCUT2D eigenvalue weighted by Crippen LogP contribution is 2.43. The number of phenolic OH excluding ortho intramolecular Hbond substituents is 1. The second-order valence-corrected chi connectivity index (χ2v) is 5.84. The molecule has 0 spiro atoms. The van der Waals surface area contributed by atoms with E-state index >= 15 is 0 Å². The van der Waals surface area contributed by atoms with Gasteiger partial charge in [-0.05, 0) is 18.6 Å². The van der Waals surface area contributed by atoms with E-state index in [4.69, 9.17) is 23.2 Å². The number of carbonyl (C=O) groups is 1. The number of nitrogens with zero attached hydrogens (tertiary/aromatic N) is 1. The Balaban J connectivity index is 0.00000147. The monoisotopic (exact) mass is 380 g/mol. The Morgan fingerprint density at radius 1 is 1.35 bits per heavy atom. The molecule has 2 saturated heterocycles. The zero-order valence-electron chi connectivity index (χ0n) is 10.6. The van der Waals surface area contributed by atoms with Crippen LogP contribution >= 0.6 is 40.2 Å². The Bertz CT molecular complexity index is 541. The van der Waals surface area contributed by atoms with E-state index in [0.717, 1.165) is 13.0 Å². The number of halogens is 3. The summed E-state index contributed by atoms with van der Waals surface area (Å²) < 4.78 is 0. The number of nitrogens with one attached hydrogen (secondary N) is 1. The predicted octanol–water partition coefficient (Wildman–Crippen LogP) is 2.56. The summed E-state index contributed by atoms with van der Waals surface area (Å²) in [6.45, 7) is 1.78. The smallest absolute Gasteiger partial charge is 0.236 e. The predicted molar refractivity (Wildman–Crippen MR) is 84.2 cm³/mol. The van der Waals surface area contributed by atoms with Gasteiger partial charge >= 0.3 is 0 Å². The molecule has 7 heteroatoms. The van der Waals surface area contributed by atoms with Gasteiger partial charge in [0.15, 0.2) is 0 Å². The Labute approximate surface area is 137 Å². The number of benzene rings is 1. The van der Waals surface area contributed by atoms with Crippen LogP contribution in [0, 0.1) is 0 Å². The first-order valence-corrected chi connectivity index (χ1v) is 7.00. The van der Waals surface area contributed by atoms with Gasteiger partial charge in [-0.25, -0.2) is 0 Å². The van der Waals surface area contributed by atoms with E-state index in [2.05, 4.69) is 5.32 Å². The van der Waals surface area contributed by atoms with E-state index < -0.39 is 0 Å². The van der Waals surface area contributed by atoms with Crippen molar-refractivity contribution in [3.8, 4) is 5.75 Å². The summed E-state index contributed by atoms with van der Waals surface area (Å²) in [5.74, 6) is 0.302. The van der Waals surface area contributed by atoms with Crippen LogP contribution in [-0.2, 0) is 4.79 Å². The fraction of sp³-hybridized carbons (Fsp3) is 0.462. The lowest BCUT2D eigenvalue weighted by molar-refractivity contribution is -0.133. The fourth-order valence-corrected chi connectivity index (χ4v) is 3.50. The molecule has 4 nitrogen and oxygen atoms in total. The first-order chi connectivity index (χ1) is 9.08. The van der Waals surface area contributed by atoms with Gasteiger partial charge in [-0.15, -0.1) is 17.0 Å². The maximum absolute atomic E-state index is 11.8. The van der Waals surface area contributed by atoms with Gasteiger partial charge in [0, 0.05) is 30.6 Å². The standard InChI is InChI=1S/C13H14Cl2N2O2.BrH/c14-9-1-2-10(18)12(13(9)15)7-3-8-4-16-5-11(19)17(8)6-7;/h1-2,7-8,16,18H,3-6H2;1H/t7-,8-;/m0./s1. The van der Waals surface area contributed by atoms with Crippen LogP contribution in [0.5, 0.6) is 5.75 Å². The van der Waals surface area contributed by atoms with Crippen LogP contribution in [0.15, 0.2) is 12.1 Å². The molecule has 1 aromatic rings. The molecule has 2 fully saturated rings. The zero-order valence-corrected chi connectivity index (χ0v) is 13.8. The van der Waals surface area contributed by atoms with Gasteiger partial charge < -0.3 is 15.3 Å². The summed E-state index contributed by atoms with van der Waals surface area (Å²) in [6, 6.07) is 3.32. The Morgan fingerprint density at radius 3 is 2.80 bits per heavy atom. The van der Waals surface area contributed by atoms with Crippen molar-refractivity contribution in [3.05, 3.63) is 27.7 Å². The van der Waals surface area contributed by atoms with E-state index in [1.807, 2.05) is 4.90 Å². The Hall–Kier alpha value is -0.490. The van der Waals surface area contributed by atoms with Gasteiger partial charge in [0.1, 0.15) is 5.75 Å². The molecule has 1 aromatic carbocycles. The number of fused-ring (bicyclic) bond motifs is 1. The molecule has 0 radical (unpaired) electrons. The van der Waals surface area contributed by atoms with Crippen LogP contribution in [0.1, 0.15) is 17.9 Å². The maximum Gasteiger partial charge on any atom is 0.236 e. The highest BCUT2D eigenvalue weighted by atomic mass is 79.9. The van der Waals surface area contributed by atoms with Gasteiger partial charge in [-0.2, -0.15) is 0 Å². The molecule has 1 amide bonds. The van der Waals surface area contributed by atoms with Crippen LogP contribution < -0.4 is 5.32 Å². The molecule has 0 aromatic heterocycles. The minimum Gasteiger partial charge on any atom is -0.508 e. The number of rotatable bonds is 1.